The Morgan fingerprint density at radius 1 is 1.42 bits per heavy atom. The molecule has 0 aliphatic heterocycles. The summed E-state index contributed by atoms with van der Waals surface area (Å²) in [5, 5.41) is 0.582. The molecule has 0 saturated heterocycles. The Kier molecular flexibility index (Phi) is 4.85. The van der Waals surface area contributed by atoms with E-state index in [-0.39, 0.29) is 11.2 Å². The van der Waals surface area contributed by atoms with E-state index in [1.165, 1.54) is 11.8 Å². The van der Waals surface area contributed by atoms with Crippen molar-refractivity contribution in [3.63, 3.8) is 0 Å². The summed E-state index contributed by atoms with van der Waals surface area (Å²) in [4.78, 5) is 19.6. The summed E-state index contributed by atoms with van der Waals surface area (Å²) in [6.45, 7) is 4.30. The minimum atomic E-state index is -0.189. The molecule has 1 aromatic carbocycles. The maximum atomic E-state index is 11.9. The second-order valence-corrected chi connectivity index (χ2v) is 5.40. The van der Waals surface area contributed by atoms with E-state index >= 15 is 0 Å². The highest BCUT2D eigenvalue weighted by atomic mass is 32.2. The van der Waals surface area contributed by atoms with Crippen LogP contribution in [0.25, 0.3) is 11.0 Å². The molecule has 0 fully saturated rings. The number of hydrogen-bond donors (Lipinski definition) is 1. The lowest BCUT2D eigenvalue weighted by Crippen LogP contribution is -2.20. The Morgan fingerprint density at radius 3 is 2.89 bits per heavy atom. The summed E-state index contributed by atoms with van der Waals surface area (Å²) >= 11 is 1.45. The maximum absolute atomic E-state index is 11.9. The molecule has 4 nitrogen and oxygen atoms in total. The molecule has 0 spiro atoms. The molecule has 102 valence electrons. The van der Waals surface area contributed by atoms with Crippen LogP contribution in [-0.2, 0) is 9.53 Å². The lowest BCUT2D eigenvalue weighted by Gasteiger charge is -2.12. The monoisotopic (exact) mass is 278 g/mol. The van der Waals surface area contributed by atoms with E-state index in [1.807, 2.05) is 31.2 Å². The van der Waals surface area contributed by atoms with Gasteiger partial charge in [0.15, 0.2) is 5.16 Å². The van der Waals surface area contributed by atoms with Crippen molar-refractivity contribution in [3.8, 4) is 0 Å². The predicted molar refractivity (Wildman–Crippen MR) is 77.3 cm³/mol. The number of ether oxygens (including phenoxy) is 1. The molecule has 0 aliphatic carbocycles. The molecule has 0 radical (unpaired) electrons. The number of benzene rings is 1. The van der Waals surface area contributed by atoms with Crippen molar-refractivity contribution in [2.24, 2.45) is 0 Å². The number of nitrogens with zero attached hydrogens (tertiary/aromatic N) is 1. The van der Waals surface area contributed by atoms with Crippen molar-refractivity contribution in [2.45, 2.75) is 37.1 Å². The minimum Gasteiger partial charge on any atom is -0.465 e. The Hall–Kier alpha value is -1.49. The van der Waals surface area contributed by atoms with E-state index in [0.29, 0.717) is 6.61 Å². The van der Waals surface area contributed by atoms with Gasteiger partial charge in [0.05, 0.1) is 17.6 Å². The molecule has 0 amide bonds. The van der Waals surface area contributed by atoms with E-state index in [4.69, 9.17) is 4.74 Å². The topological polar surface area (TPSA) is 55.0 Å². The van der Waals surface area contributed by atoms with Gasteiger partial charge in [0.25, 0.3) is 0 Å². The molecule has 1 atom stereocenters. The third-order valence-corrected chi connectivity index (χ3v) is 3.85. The Labute approximate surface area is 116 Å². The quantitative estimate of drug-likeness (QED) is 0.650. The summed E-state index contributed by atoms with van der Waals surface area (Å²) in [6, 6.07) is 7.84. The van der Waals surface area contributed by atoms with Crippen LogP contribution in [0.15, 0.2) is 29.4 Å². The highest BCUT2D eigenvalue weighted by Gasteiger charge is 2.21. The molecular weight excluding hydrogens is 260 g/mol. The first-order valence-electron chi connectivity index (χ1n) is 6.52. The Morgan fingerprint density at radius 2 is 2.21 bits per heavy atom. The summed E-state index contributed by atoms with van der Waals surface area (Å²) in [5.74, 6) is -0.158. The molecule has 2 aromatic rings. The molecule has 1 N–H and O–H groups in total. The van der Waals surface area contributed by atoms with Crippen LogP contribution in [0.2, 0.25) is 0 Å². The van der Waals surface area contributed by atoms with Gasteiger partial charge in [-0.3, -0.25) is 4.79 Å². The van der Waals surface area contributed by atoms with Crippen LogP contribution in [0.1, 0.15) is 26.7 Å². The van der Waals surface area contributed by atoms with Crippen molar-refractivity contribution < 1.29 is 9.53 Å². The Balaban J connectivity index is 2.13. The average Bonchev–Trinajstić information content (AvgIpc) is 2.80. The number of carbonyl (C=O) groups is 1. The average molecular weight is 278 g/mol. The van der Waals surface area contributed by atoms with Gasteiger partial charge in [-0.15, -0.1) is 0 Å². The molecule has 2 rings (SSSR count). The van der Waals surface area contributed by atoms with Gasteiger partial charge in [0, 0.05) is 0 Å². The smallest absolute Gasteiger partial charge is 0.319 e. The first-order chi connectivity index (χ1) is 9.24. The fourth-order valence-electron chi connectivity index (χ4n) is 1.84. The van der Waals surface area contributed by atoms with Crippen LogP contribution in [0, 0.1) is 0 Å². The summed E-state index contributed by atoms with van der Waals surface area (Å²) < 4.78 is 5.10. The number of thioether (sulfide) groups is 1. The first-order valence-corrected chi connectivity index (χ1v) is 7.40. The first kappa shape index (κ1) is 13.9. The largest absolute Gasteiger partial charge is 0.465 e. The Bertz CT molecular complexity index is 520. The highest BCUT2D eigenvalue weighted by molar-refractivity contribution is 8.00. The lowest BCUT2D eigenvalue weighted by molar-refractivity contribution is -0.142. The zero-order valence-corrected chi connectivity index (χ0v) is 12.0. The van der Waals surface area contributed by atoms with Crippen molar-refractivity contribution in [1.29, 1.82) is 0 Å². The standard InChI is InChI=1S/C14H18N2O2S/c1-3-7-12(13(17)18-4-2)19-14-15-10-8-5-6-9-11(10)16-14/h5-6,8-9,12H,3-4,7H2,1-2H3,(H,15,16). The SMILES string of the molecule is CCCC(Sc1nc2ccccc2[nH]1)C(=O)OCC. The second-order valence-electron chi connectivity index (χ2n) is 4.21. The number of nitrogens with one attached hydrogen (secondary N) is 1. The summed E-state index contributed by atoms with van der Waals surface area (Å²) in [6.07, 6.45) is 1.73. The number of rotatable bonds is 6. The van der Waals surface area contributed by atoms with Crippen LogP contribution >= 0.6 is 11.8 Å². The number of aromatic amines is 1. The maximum Gasteiger partial charge on any atom is 0.319 e. The van der Waals surface area contributed by atoms with E-state index in [0.717, 1.165) is 29.0 Å². The van der Waals surface area contributed by atoms with Gasteiger partial charge in [-0.2, -0.15) is 0 Å². The zero-order valence-electron chi connectivity index (χ0n) is 11.2. The number of H-pyrrole nitrogens is 1. The van der Waals surface area contributed by atoms with Crippen molar-refractivity contribution >= 4 is 28.8 Å². The molecule has 19 heavy (non-hydrogen) atoms. The predicted octanol–water partition coefficient (Wildman–Crippen LogP) is 3.39. The number of imidazole rings is 1. The van der Waals surface area contributed by atoms with E-state index in [1.54, 1.807) is 0 Å². The van der Waals surface area contributed by atoms with Gasteiger partial charge < -0.3 is 9.72 Å². The number of hydrogen-bond acceptors (Lipinski definition) is 4. The lowest BCUT2D eigenvalue weighted by atomic mass is 10.2. The van der Waals surface area contributed by atoms with Crippen LogP contribution in [0.3, 0.4) is 0 Å². The van der Waals surface area contributed by atoms with Gasteiger partial charge in [0.1, 0.15) is 5.25 Å². The number of aromatic nitrogens is 2. The summed E-state index contributed by atoms with van der Waals surface area (Å²) in [7, 11) is 0. The van der Waals surface area contributed by atoms with Gasteiger partial charge in [-0.1, -0.05) is 37.2 Å². The van der Waals surface area contributed by atoms with E-state index < -0.39 is 0 Å². The third-order valence-electron chi connectivity index (χ3n) is 2.72. The molecule has 1 unspecified atom stereocenters. The second kappa shape index (κ2) is 6.61. The van der Waals surface area contributed by atoms with E-state index in [9.17, 15) is 4.79 Å². The molecule has 0 saturated carbocycles. The molecule has 5 heteroatoms. The molecular formula is C14H18N2O2S. The number of fused-ring (bicyclic) bond motifs is 1. The van der Waals surface area contributed by atoms with Crippen LogP contribution in [-0.4, -0.2) is 27.8 Å². The fraction of sp³-hybridized carbons (Fsp3) is 0.429. The molecule has 1 aromatic heterocycles. The van der Waals surface area contributed by atoms with Crippen LogP contribution < -0.4 is 0 Å². The number of para-hydroxylation sites is 2. The number of carbonyl (C=O) groups excluding carboxylic acids is 1. The van der Waals surface area contributed by atoms with Crippen molar-refractivity contribution in [2.75, 3.05) is 6.61 Å². The number of esters is 1. The van der Waals surface area contributed by atoms with Gasteiger partial charge in [-0.05, 0) is 25.5 Å². The van der Waals surface area contributed by atoms with Gasteiger partial charge in [0.2, 0.25) is 0 Å². The highest BCUT2D eigenvalue weighted by Crippen LogP contribution is 2.26. The van der Waals surface area contributed by atoms with Crippen molar-refractivity contribution in [3.05, 3.63) is 24.3 Å². The summed E-state index contributed by atoms with van der Waals surface area (Å²) in [5.41, 5.74) is 1.91. The van der Waals surface area contributed by atoms with Crippen LogP contribution in [0.5, 0.6) is 0 Å². The molecule has 0 bridgehead atoms. The molecule has 1 heterocycles. The van der Waals surface area contributed by atoms with Gasteiger partial charge >= 0.3 is 5.97 Å². The fourth-order valence-corrected chi connectivity index (χ4v) is 2.95. The minimum absolute atomic E-state index is 0.158. The zero-order chi connectivity index (χ0) is 13.7. The van der Waals surface area contributed by atoms with Crippen LogP contribution in [0.4, 0.5) is 0 Å². The van der Waals surface area contributed by atoms with E-state index in [2.05, 4.69) is 16.9 Å². The normalized spacial score (nSPS) is 12.5. The third kappa shape index (κ3) is 3.50. The molecule has 0 aliphatic rings. The van der Waals surface area contributed by atoms with Crippen molar-refractivity contribution in [1.82, 2.24) is 9.97 Å². The van der Waals surface area contributed by atoms with Gasteiger partial charge in [-0.25, -0.2) is 4.98 Å².